The molecule has 0 bridgehead atoms. The zero-order valence-electron chi connectivity index (χ0n) is 18.0. The van der Waals surface area contributed by atoms with Crippen LogP contribution < -0.4 is 20.3 Å². The average molecular weight is 434 g/mol. The van der Waals surface area contributed by atoms with E-state index in [1.54, 1.807) is 12.1 Å². The number of ether oxygens (including phenoxy) is 2. The first-order valence-electron chi connectivity index (χ1n) is 10.8. The van der Waals surface area contributed by atoms with E-state index >= 15 is 0 Å². The molecule has 30 heavy (non-hydrogen) atoms. The molecule has 0 radical (unpaired) electrons. The number of hydrogen-bond acceptors (Lipinski definition) is 5. The summed E-state index contributed by atoms with van der Waals surface area (Å²) in [7, 11) is 0. The number of rotatable bonds is 8. The average Bonchev–Trinajstić information content (AvgIpc) is 2.71. The van der Waals surface area contributed by atoms with E-state index in [1.165, 1.54) is 11.0 Å². The number of aromatic amines is 1. The molecule has 2 aromatic rings. The molecule has 1 aliphatic carbocycles. The Labute approximate surface area is 181 Å². The number of hydrogen-bond donors (Lipinski definition) is 2. The van der Waals surface area contributed by atoms with Crippen LogP contribution in [-0.2, 0) is 11.3 Å². The Morgan fingerprint density at radius 1 is 1.20 bits per heavy atom. The SMILES string of the molecule is CCOc1cc2[nH]c(=S)n(CCC(=O)N[C@H]3CCCC[C@@H]3C)c(=O)c2cc1OCC. The summed E-state index contributed by atoms with van der Waals surface area (Å²) in [6, 6.07) is 3.64. The molecule has 1 amide bonds. The number of nitrogens with one attached hydrogen (secondary N) is 2. The third kappa shape index (κ3) is 5.03. The number of carbonyl (C=O) groups is 1. The Morgan fingerprint density at radius 2 is 1.87 bits per heavy atom. The second kappa shape index (κ2) is 10.1. The fraction of sp³-hybridized carbons (Fsp3) is 0.591. The van der Waals surface area contributed by atoms with Gasteiger partial charge in [-0.05, 0) is 50.9 Å². The molecule has 1 aliphatic rings. The van der Waals surface area contributed by atoms with Gasteiger partial charge < -0.3 is 19.8 Å². The molecule has 8 heteroatoms. The fourth-order valence-electron chi connectivity index (χ4n) is 4.02. The second-order valence-electron chi connectivity index (χ2n) is 7.78. The first-order valence-corrected chi connectivity index (χ1v) is 11.2. The molecule has 0 spiro atoms. The molecule has 1 aromatic carbocycles. The Hall–Kier alpha value is -2.35. The van der Waals surface area contributed by atoms with Gasteiger partial charge >= 0.3 is 0 Å². The van der Waals surface area contributed by atoms with Crippen LogP contribution in [0.25, 0.3) is 10.9 Å². The lowest BCUT2D eigenvalue weighted by Crippen LogP contribution is -2.41. The summed E-state index contributed by atoms with van der Waals surface area (Å²) in [6.45, 7) is 7.12. The van der Waals surface area contributed by atoms with Crippen molar-refractivity contribution in [3.63, 3.8) is 0 Å². The molecule has 0 saturated heterocycles. The van der Waals surface area contributed by atoms with E-state index in [-0.39, 0.29) is 35.2 Å². The van der Waals surface area contributed by atoms with Gasteiger partial charge in [0, 0.05) is 25.1 Å². The van der Waals surface area contributed by atoms with Gasteiger partial charge in [-0.2, -0.15) is 0 Å². The summed E-state index contributed by atoms with van der Waals surface area (Å²) in [5.74, 6) is 1.53. The summed E-state index contributed by atoms with van der Waals surface area (Å²) in [5, 5.41) is 3.58. The van der Waals surface area contributed by atoms with E-state index in [1.807, 2.05) is 13.8 Å². The highest BCUT2D eigenvalue weighted by Gasteiger charge is 2.22. The van der Waals surface area contributed by atoms with Crippen molar-refractivity contribution in [1.29, 1.82) is 0 Å². The van der Waals surface area contributed by atoms with Crippen molar-refractivity contribution in [1.82, 2.24) is 14.9 Å². The lowest BCUT2D eigenvalue weighted by atomic mass is 9.86. The maximum atomic E-state index is 13.1. The van der Waals surface area contributed by atoms with Crippen molar-refractivity contribution in [2.24, 2.45) is 5.92 Å². The topological polar surface area (TPSA) is 85.4 Å². The van der Waals surface area contributed by atoms with Gasteiger partial charge in [-0.3, -0.25) is 14.2 Å². The number of fused-ring (bicyclic) bond motifs is 1. The van der Waals surface area contributed by atoms with Crippen LogP contribution in [0, 0.1) is 10.7 Å². The molecule has 0 unspecified atom stereocenters. The van der Waals surface area contributed by atoms with Gasteiger partial charge in [-0.15, -0.1) is 0 Å². The van der Waals surface area contributed by atoms with Crippen LogP contribution in [0.2, 0.25) is 0 Å². The van der Waals surface area contributed by atoms with E-state index in [0.717, 1.165) is 19.3 Å². The third-order valence-electron chi connectivity index (χ3n) is 5.67. The van der Waals surface area contributed by atoms with Gasteiger partial charge in [-0.1, -0.05) is 19.8 Å². The highest BCUT2D eigenvalue weighted by atomic mass is 32.1. The summed E-state index contributed by atoms with van der Waals surface area (Å²) >= 11 is 5.39. The predicted molar refractivity (Wildman–Crippen MR) is 120 cm³/mol. The first kappa shape index (κ1) is 22.3. The number of benzene rings is 1. The van der Waals surface area contributed by atoms with Crippen LogP contribution in [0.4, 0.5) is 0 Å². The number of H-pyrrole nitrogens is 1. The minimum Gasteiger partial charge on any atom is -0.490 e. The van der Waals surface area contributed by atoms with E-state index in [2.05, 4.69) is 17.2 Å². The maximum Gasteiger partial charge on any atom is 0.262 e. The Bertz CT molecular complexity index is 1010. The summed E-state index contributed by atoms with van der Waals surface area (Å²) < 4.78 is 13.0. The highest BCUT2D eigenvalue weighted by Crippen LogP contribution is 2.31. The smallest absolute Gasteiger partial charge is 0.262 e. The molecule has 1 fully saturated rings. The largest absolute Gasteiger partial charge is 0.490 e. The summed E-state index contributed by atoms with van der Waals surface area (Å²) in [6.07, 6.45) is 4.75. The lowest BCUT2D eigenvalue weighted by Gasteiger charge is -2.29. The Balaban J connectivity index is 1.81. The molecule has 2 atom stereocenters. The van der Waals surface area contributed by atoms with E-state index in [4.69, 9.17) is 21.7 Å². The molecule has 164 valence electrons. The first-order chi connectivity index (χ1) is 14.4. The second-order valence-corrected chi connectivity index (χ2v) is 8.17. The van der Waals surface area contributed by atoms with E-state index in [9.17, 15) is 9.59 Å². The standard InChI is InChI=1S/C22H31N3O4S/c1-4-28-18-12-15-17(13-19(18)29-5-2)24-22(30)25(21(15)27)11-10-20(26)23-16-9-7-6-8-14(16)3/h12-14,16H,4-11H2,1-3H3,(H,23,26)(H,24,30)/t14-,16-/m0/s1. The molecule has 1 saturated carbocycles. The summed E-state index contributed by atoms with van der Waals surface area (Å²) in [5.41, 5.74) is 0.352. The van der Waals surface area contributed by atoms with Crippen molar-refractivity contribution in [2.75, 3.05) is 13.2 Å². The molecular formula is C22H31N3O4S. The van der Waals surface area contributed by atoms with Gasteiger partial charge in [0.2, 0.25) is 5.91 Å². The van der Waals surface area contributed by atoms with Crippen LogP contribution in [0.15, 0.2) is 16.9 Å². The molecule has 3 rings (SSSR count). The molecule has 2 N–H and O–H groups in total. The lowest BCUT2D eigenvalue weighted by molar-refractivity contribution is -0.122. The van der Waals surface area contributed by atoms with E-state index in [0.29, 0.717) is 41.5 Å². The van der Waals surface area contributed by atoms with Crippen molar-refractivity contribution < 1.29 is 14.3 Å². The van der Waals surface area contributed by atoms with Crippen molar-refractivity contribution in [3.8, 4) is 11.5 Å². The van der Waals surface area contributed by atoms with Crippen molar-refractivity contribution >= 4 is 29.0 Å². The quantitative estimate of drug-likeness (QED) is 0.616. The Kier molecular flexibility index (Phi) is 7.53. The Morgan fingerprint density at radius 3 is 2.53 bits per heavy atom. The third-order valence-corrected chi connectivity index (χ3v) is 5.99. The monoisotopic (exact) mass is 433 g/mol. The molecule has 7 nitrogen and oxygen atoms in total. The molecular weight excluding hydrogens is 402 g/mol. The van der Waals surface area contributed by atoms with Crippen LogP contribution in [0.5, 0.6) is 11.5 Å². The molecule has 1 heterocycles. The van der Waals surface area contributed by atoms with Gasteiger partial charge in [0.25, 0.3) is 5.56 Å². The van der Waals surface area contributed by atoms with Crippen LogP contribution in [0.3, 0.4) is 0 Å². The molecule has 0 aliphatic heterocycles. The van der Waals surface area contributed by atoms with Crippen molar-refractivity contribution in [3.05, 3.63) is 27.3 Å². The zero-order valence-corrected chi connectivity index (χ0v) is 18.8. The van der Waals surface area contributed by atoms with Crippen LogP contribution in [-0.4, -0.2) is 34.7 Å². The minimum absolute atomic E-state index is 0.0446. The zero-order chi connectivity index (χ0) is 21.7. The van der Waals surface area contributed by atoms with Gasteiger partial charge in [0.15, 0.2) is 16.3 Å². The van der Waals surface area contributed by atoms with E-state index < -0.39 is 0 Å². The normalized spacial score (nSPS) is 18.9. The van der Waals surface area contributed by atoms with Crippen LogP contribution in [0.1, 0.15) is 52.9 Å². The van der Waals surface area contributed by atoms with Gasteiger partial charge in [0.1, 0.15) is 0 Å². The molecule has 1 aromatic heterocycles. The summed E-state index contributed by atoms with van der Waals surface area (Å²) in [4.78, 5) is 28.6. The number of carbonyl (C=O) groups excluding carboxylic acids is 1. The number of aromatic nitrogens is 2. The minimum atomic E-state index is -0.239. The van der Waals surface area contributed by atoms with Crippen LogP contribution >= 0.6 is 12.2 Å². The van der Waals surface area contributed by atoms with Gasteiger partial charge in [0.05, 0.1) is 24.1 Å². The fourth-order valence-corrected chi connectivity index (χ4v) is 4.31. The van der Waals surface area contributed by atoms with Gasteiger partial charge in [-0.25, -0.2) is 0 Å². The highest BCUT2D eigenvalue weighted by molar-refractivity contribution is 7.71. The maximum absolute atomic E-state index is 13.1. The number of nitrogens with zero attached hydrogens (tertiary/aromatic N) is 1. The van der Waals surface area contributed by atoms with Crippen molar-refractivity contribution in [2.45, 2.75) is 65.5 Å². The predicted octanol–water partition coefficient (Wildman–Crippen LogP) is 3.94. The number of amides is 1.